The number of benzene rings is 1. The summed E-state index contributed by atoms with van der Waals surface area (Å²) in [6.07, 6.45) is 7.80. The monoisotopic (exact) mass is 416 g/mol. The highest BCUT2D eigenvalue weighted by atomic mass is 16.5. The van der Waals surface area contributed by atoms with E-state index in [4.69, 9.17) is 15.7 Å². The van der Waals surface area contributed by atoms with E-state index in [1.165, 1.54) is 0 Å². The maximum Gasteiger partial charge on any atom is 0.255 e. The van der Waals surface area contributed by atoms with Crippen LogP contribution in [-0.4, -0.2) is 32.8 Å². The van der Waals surface area contributed by atoms with Crippen LogP contribution < -0.4 is 11.1 Å². The maximum atomic E-state index is 13.0. The summed E-state index contributed by atoms with van der Waals surface area (Å²) in [4.78, 5) is 17.2. The van der Waals surface area contributed by atoms with Gasteiger partial charge in [-0.3, -0.25) is 9.48 Å². The van der Waals surface area contributed by atoms with E-state index in [9.17, 15) is 4.79 Å². The van der Waals surface area contributed by atoms with Crippen LogP contribution in [0.1, 0.15) is 40.7 Å². The molecule has 8 nitrogen and oxygen atoms in total. The third-order valence-electron chi connectivity index (χ3n) is 5.49. The Labute approximate surface area is 180 Å². The number of nitriles is 1. The molecule has 1 saturated carbocycles. The van der Waals surface area contributed by atoms with Crippen molar-refractivity contribution in [2.24, 2.45) is 7.05 Å². The Bertz CT molecular complexity index is 1130. The number of carbonyl (C=O) groups is 1. The lowest BCUT2D eigenvalue weighted by Crippen LogP contribution is -2.41. The summed E-state index contributed by atoms with van der Waals surface area (Å²) in [6.45, 7) is 0.396. The summed E-state index contributed by atoms with van der Waals surface area (Å²) in [5, 5.41) is 16.3. The van der Waals surface area contributed by atoms with Gasteiger partial charge in [0.1, 0.15) is 5.82 Å². The number of anilines is 1. The SMILES string of the molecule is Cn1cc(-c2cnc(N)c(C(=O)N[C@H]3CCC[C@@H]3OCc3cccc(C#N)c3)c2)cn1. The van der Waals surface area contributed by atoms with E-state index in [-0.39, 0.29) is 23.9 Å². The Morgan fingerprint density at radius 2 is 2.19 bits per heavy atom. The Balaban J connectivity index is 1.43. The van der Waals surface area contributed by atoms with Gasteiger partial charge in [-0.1, -0.05) is 12.1 Å². The number of aryl methyl sites for hydroxylation is 1. The molecule has 3 aromatic rings. The Morgan fingerprint density at radius 1 is 1.32 bits per heavy atom. The van der Waals surface area contributed by atoms with E-state index in [2.05, 4.69) is 21.5 Å². The molecule has 0 radical (unpaired) electrons. The molecule has 0 unspecified atom stereocenters. The maximum absolute atomic E-state index is 13.0. The first-order chi connectivity index (χ1) is 15.0. The van der Waals surface area contributed by atoms with Gasteiger partial charge in [0, 0.05) is 30.6 Å². The Kier molecular flexibility index (Phi) is 5.96. The molecule has 3 N–H and O–H groups in total. The highest BCUT2D eigenvalue weighted by Crippen LogP contribution is 2.25. The highest BCUT2D eigenvalue weighted by molar-refractivity contribution is 5.99. The van der Waals surface area contributed by atoms with Crippen molar-refractivity contribution in [3.05, 3.63) is 65.6 Å². The van der Waals surface area contributed by atoms with Crippen molar-refractivity contribution in [1.82, 2.24) is 20.1 Å². The molecule has 1 amide bonds. The molecule has 2 atom stereocenters. The van der Waals surface area contributed by atoms with Crippen LogP contribution in [0.5, 0.6) is 0 Å². The zero-order valence-electron chi connectivity index (χ0n) is 17.3. The van der Waals surface area contributed by atoms with Crippen LogP contribution in [0.15, 0.2) is 48.9 Å². The van der Waals surface area contributed by atoms with Crippen LogP contribution in [0, 0.1) is 11.3 Å². The van der Waals surface area contributed by atoms with Crippen LogP contribution in [0.25, 0.3) is 11.1 Å². The summed E-state index contributed by atoms with van der Waals surface area (Å²) in [7, 11) is 1.83. The van der Waals surface area contributed by atoms with Crippen LogP contribution >= 0.6 is 0 Å². The van der Waals surface area contributed by atoms with E-state index < -0.39 is 0 Å². The van der Waals surface area contributed by atoms with Crippen molar-refractivity contribution in [2.75, 3.05) is 5.73 Å². The average molecular weight is 416 g/mol. The van der Waals surface area contributed by atoms with Crippen molar-refractivity contribution in [3.63, 3.8) is 0 Å². The van der Waals surface area contributed by atoms with Gasteiger partial charge in [-0.05, 0) is 43.0 Å². The number of rotatable bonds is 6. The average Bonchev–Trinajstić information content (AvgIpc) is 3.41. The molecule has 0 saturated heterocycles. The number of nitrogens with two attached hydrogens (primary N) is 1. The van der Waals surface area contributed by atoms with E-state index in [1.54, 1.807) is 29.2 Å². The number of hydrogen-bond acceptors (Lipinski definition) is 6. The fourth-order valence-electron chi connectivity index (χ4n) is 3.86. The summed E-state index contributed by atoms with van der Waals surface area (Å²) in [6, 6.07) is 11.1. The largest absolute Gasteiger partial charge is 0.383 e. The molecule has 31 heavy (non-hydrogen) atoms. The van der Waals surface area contributed by atoms with Crippen molar-refractivity contribution >= 4 is 11.7 Å². The predicted octanol–water partition coefficient (Wildman–Crippen LogP) is 2.80. The van der Waals surface area contributed by atoms with E-state index in [1.807, 2.05) is 31.4 Å². The predicted molar refractivity (Wildman–Crippen MR) is 116 cm³/mol. The van der Waals surface area contributed by atoms with Crippen LogP contribution in [-0.2, 0) is 18.4 Å². The molecule has 2 aromatic heterocycles. The van der Waals surface area contributed by atoms with Gasteiger partial charge in [-0.2, -0.15) is 10.4 Å². The molecule has 8 heteroatoms. The summed E-state index contributed by atoms with van der Waals surface area (Å²) >= 11 is 0. The first-order valence-electron chi connectivity index (χ1n) is 10.2. The number of aromatic nitrogens is 3. The number of nitrogens with zero attached hydrogens (tertiary/aromatic N) is 4. The third-order valence-corrected chi connectivity index (χ3v) is 5.49. The van der Waals surface area contributed by atoms with Crippen LogP contribution in [0.2, 0.25) is 0 Å². The molecule has 4 rings (SSSR count). The first-order valence-corrected chi connectivity index (χ1v) is 10.2. The lowest BCUT2D eigenvalue weighted by molar-refractivity contribution is 0.0272. The van der Waals surface area contributed by atoms with Gasteiger partial charge in [-0.15, -0.1) is 0 Å². The molecule has 1 aliphatic carbocycles. The van der Waals surface area contributed by atoms with Crippen molar-refractivity contribution < 1.29 is 9.53 Å². The molecule has 1 fully saturated rings. The zero-order chi connectivity index (χ0) is 21.8. The zero-order valence-corrected chi connectivity index (χ0v) is 17.3. The Morgan fingerprint density at radius 3 is 2.97 bits per heavy atom. The lowest BCUT2D eigenvalue weighted by atomic mass is 10.1. The van der Waals surface area contributed by atoms with Gasteiger partial charge in [0.15, 0.2) is 0 Å². The first kappa shape index (κ1) is 20.6. The third kappa shape index (κ3) is 4.73. The van der Waals surface area contributed by atoms with Crippen LogP contribution in [0.4, 0.5) is 5.82 Å². The molecular formula is C23H24N6O2. The molecule has 0 bridgehead atoms. The number of hydrogen-bond donors (Lipinski definition) is 2. The number of nitrogen functional groups attached to an aromatic ring is 1. The standard InChI is InChI=1S/C23H24N6O2/c1-29-13-18(12-27-29)17-9-19(22(25)26-11-17)23(30)28-20-6-3-7-21(20)31-14-16-5-2-4-15(8-16)10-24/h2,4-5,8-9,11-13,20-21H,3,6-7,14H2,1H3,(H2,25,26)(H,28,30)/t20-,21-/m0/s1. The number of amides is 1. The van der Waals surface area contributed by atoms with E-state index in [0.717, 1.165) is 36.0 Å². The van der Waals surface area contributed by atoms with Gasteiger partial charge in [0.05, 0.1) is 42.1 Å². The minimum absolute atomic E-state index is 0.0922. The molecular weight excluding hydrogens is 392 g/mol. The number of nitrogens with one attached hydrogen (secondary N) is 1. The smallest absolute Gasteiger partial charge is 0.255 e. The normalized spacial score (nSPS) is 17.9. The molecule has 2 heterocycles. The minimum atomic E-state index is -0.261. The van der Waals surface area contributed by atoms with Gasteiger partial charge >= 0.3 is 0 Å². The highest BCUT2D eigenvalue weighted by Gasteiger charge is 2.30. The molecule has 0 spiro atoms. The molecule has 1 aliphatic rings. The second-order valence-corrected chi connectivity index (χ2v) is 7.73. The minimum Gasteiger partial charge on any atom is -0.383 e. The van der Waals surface area contributed by atoms with Gasteiger partial charge in [0.25, 0.3) is 5.91 Å². The quantitative estimate of drug-likeness (QED) is 0.638. The van der Waals surface area contributed by atoms with E-state index >= 15 is 0 Å². The molecule has 0 aliphatic heterocycles. The number of pyridine rings is 1. The van der Waals surface area contributed by atoms with Gasteiger partial charge in [-0.25, -0.2) is 4.98 Å². The van der Waals surface area contributed by atoms with Crippen molar-refractivity contribution in [3.8, 4) is 17.2 Å². The Hall–Kier alpha value is -3.70. The summed E-state index contributed by atoms with van der Waals surface area (Å²) in [5.41, 5.74) is 9.53. The second kappa shape index (κ2) is 8.98. The lowest BCUT2D eigenvalue weighted by Gasteiger charge is -2.22. The second-order valence-electron chi connectivity index (χ2n) is 7.73. The summed E-state index contributed by atoms with van der Waals surface area (Å²) in [5.74, 6) is -0.0726. The fourth-order valence-corrected chi connectivity index (χ4v) is 3.86. The number of carbonyl (C=O) groups excluding carboxylic acids is 1. The number of ether oxygens (including phenoxy) is 1. The fraction of sp³-hybridized carbons (Fsp3) is 0.304. The van der Waals surface area contributed by atoms with Crippen molar-refractivity contribution in [2.45, 2.75) is 38.0 Å². The topological polar surface area (TPSA) is 119 Å². The van der Waals surface area contributed by atoms with Crippen LogP contribution in [0.3, 0.4) is 0 Å². The van der Waals surface area contributed by atoms with Gasteiger partial charge < -0.3 is 15.8 Å². The van der Waals surface area contributed by atoms with Gasteiger partial charge in [0.2, 0.25) is 0 Å². The summed E-state index contributed by atoms with van der Waals surface area (Å²) < 4.78 is 7.77. The van der Waals surface area contributed by atoms with E-state index in [0.29, 0.717) is 17.7 Å². The molecule has 1 aromatic carbocycles. The van der Waals surface area contributed by atoms with Crippen molar-refractivity contribution in [1.29, 1.82) is 5.26 Å². The molecule has 158 valence electrons.